The molecule has 0 N–H and O–H groups in total. The number of ether oxygens (including phenoxy) is 3. The third kappa shape index (κ3) is 5.14. The molecule has 0 atom stereocenters. The molecule has 2 rings (SSSR count). The fourth-order valence-corrected chi connectivity index (χ4v) is 2.65. The van der Waals surface area contributed by atoms with Gasteiger partial charge in [0.25, 0.3) is 0 Å². The second kappa shape index (κ2) is 8.62. The van der Waals surface area contributed by atoms with Crippen LogP contribution in [0.4, 0.5) is 13.2 Å². The molecule has 2 aromatic rings. The van der Waals surface area contributed by atoms with E-state index in [2.05, 4.69) is 4.74 Å². The van der Waals surface area contributed by atoms with Crippen molar-refractivity contribution in [3.8, 4) is 5.75 Å². The second-order valence-electron chi connectivity index (χ2n) is 5.49. The molecule has 0 amide bonds. The summed E-state index contributed by atoms with van der Waals surface area (Å²) in [5.41, 5.74) is -0.767. The van der Waals surface area contributed by atoms with E-state index in [4.69, 9.17) is 21.1 Å². The number of hydrogen-bond acceptors (Lipinski definition) is 5. The Morgan fingerprint density at radius 3 is 2.56 bits per heavy atom. The SMILES string of the molecule is CCn1cc(C(=O)OCCCOC)c(=O)c2cc(Cl)c(OC(F)(F)F)cc21. The Morgan fingerprint density at radius 1 is 1.26 bits per heavy atom. The van der Waals surface area contributed by atoms with Crippen molar-refractivity contribution in [3.05, 3.63) is 39.1 Å². The number of halogens is 4. The van der Waals surface area contributed by atoms with Crippen molar-refractivity contribution in [1.29, 1.82) is 0 Å². The molecule has 0 unspecified atom stereocenters. The van der Waals surface area contributed by atoms with Crippen molar-refractivity contribution in [3.63, 3.8) is 0 Å². The number of methoxy groups -OCH3 is 1. The molecule has 0 radical (unpaired) electrons. The minimum absolute atomic E-state index is 0.0114. The van der Waals surface area contributed by atoms with Gasteiger partial charge < -0.3 is 18.8 Å². The molecule has 0 spiro atoms. The van der Waals surface area contributed by atoms with E-state index in [9.17, 15) is 22.8 Å². The summed E-state index contributed by atoms with van der Waals surface area (Å²) in [6.07, 6.45) is -3.23. The van der Waals surface area contributed by atoms with Crippen LogP contribution in [0.1, 0.15) is 23.7 Å². The minimum atomic E-state index is -4.93. The molecule has 6 nitrogen and oxygen atoms in total. The molecule has 27 heavy (non-hydrogen) atoms. The maximum atomic E-state index is 12.6. The fourth-order valence-electron chi connectivity index (χ4n) is 2.45. The van der Waals surface area contributed by atoms with Gasteiger partial charge in [-0.25, -0.2) is 4.79 Å². The Hall–Kier alpha value is -2.26. The average molecular weight is 408 g/mol. The van der Waals surface area contributed by atoms with Crippen molar-refractivity contribution in [2.45, 2.75) is 26.3 Å². The molecule has 1 aromatic carbocycles. The van der Waals surface area contributed by atoms with Gasteiger partial charge in [0, 0.05) is 44.3 Å². The second-order valence-corrected chi connectivity index (χ2v) is 5.89. The highest BCUT2D eigenvalue weighted by Gasteiger charge is 2.32. The summed E-state index contributed by atoms with van der Waals surface area (Å²) >= 11 is 5.82. The first-order valence-electron chi connectivity index (χ1n) is 7.96. The third-order valence-electron chi connectivity index (χ3n) is 3.65. The lowest BCUT2D eigenvalue weighted by molar-refractivity contribution is -0.274. The Bertz CT molecular complexity index is 895. The monoisotopic (exact) mass is 407 g/mol. The highest BCUT2D eigenvalue weighted by atomic mass is 35.5. The lowest BCUT2D eigenvalue weighted by Crippen LogP contribution is -2.22. The summed E-state index contributed by atoms with van der Waals surface area (Å²) in [5, 5.41) is -0.409. The number of esters is 1. The van der Waals surface area contributed by atoms with Crippen LogP contribution in [-0.2, 0) is 16.0 Å². The number of aryl methyl sites for hydroxylation is 1. The molecule has 0 saturated heterocycles. The zero-order valence-corrected chi connectivity index (χ0v) is 15.3. The molecule has 1 heterocycles. The first-order valence-corrected chi connectivity index (χ1v) is 8.34. The molecule has 148 valence electrons. The van der Waals surface area contributed by atoms with Crippen molar-refractivity contribution >= 4 is 28.5 Å². The number of aromatic nitrogens is 1. The van der Waals surface area contributed by atoms with Gasteiger partial charge in [-0.15, -0.1) is 13.2 Å². The summed E-state index contributed by atoms with van der Waals surface area (Å²) in [5.74, 6) is -1.46. The predicted molar refractivity (Wildman–Crippen MR) is 92.4 cm³/mol. The Morgan fingerprint density at radius 2 is 1.96 bits per heavy atom. The number of carbonyl (C=O) groups is 1. The quantitative estimate of drug-likeness (QED) is 0.516. The van der Waals surface area contributed by atoms with E-state index in [1.807, 2.05) is 0 Å². The number of hydrogen-bond donors (Lipinski definition) is 0. The summed E-state index contributed by atoms with van der Waals surface area (Å²) in [7, 11) is 1.51. The zero-order valence-electron chi connectivity index (χ0n) is 14.6. The normalized spacial score (nSPS) is 11.6. The van der Waals surface area contributed by atoms with E-state index >= 15 is 0 Å². The molecular weight excluding hydrogens is 391 g/mol. The Labute approximate surface area is 157 Å². The highest BCUT2D eigenvalue weighted by Crippen LogP contribution is 2.33. The molecule has 0 aliphatic carbocycles. The van der Waals surface area contributed by atoms with Gasteiger partial charge in [0.05, 0.1) is 17.1 Å². The largest absolute Gasteiger partial charge is 0.573 e. The molecule has 1 aromatic heterocycles. The van der Waals surface area contributed by atoms with Crippen LogP contribution in [0.15, 0.2) is 23.1 Å². The summed E-state index contributed by atoms with van der Waals surface area (Å²) in [6, 6.07) is 2.07. The van der Waals surface area contributed by atoms with Crippen LogP contribution in [0, 0.1) is 0 Å². The van der Waals surface area contributed by atoms with Crippen LogP contribution in [-0.4, -0.2) is 37.2 Å². The number of pyridine rings is 1. The van der Waals surface area contributed by atoms with Crippen LogP contribution in [0.25, 0.3) is 10.9 Å². The summed E-state index contributed by atoms with van der Waals surface area (Å²) in [4.78, 5) is 24.8. The van der Waals surface area contributed by atoms with Crippen LogP contribution >= 0.6 is 11.6 Å². The van der Waals surface area contributed by atoms with E-state index < -0.39 is 28.5 Å². The fraction of sp³-hybridized carbons (Fsp3) is 0.412. The van der Waals surface area contributed by atoms with Gasteiger partial charge in [-0.2, -0.15) is 0 Å². The number of rotatable bonds is 7. The summed E-state index contributed by atoms with van der Waals surface area (Å²) < 4.78 is 52.7. The maximum absolute atomic E-state index is 12.6. The minimum Gasteiger partial charge on any atom is -0.462 e. The number of nitrogens with zero attached hydrogens (tertiary/aromatic N) is 1. The van der Waals surface area contributed by atoms with Gasteiger partial charge in [-0.1, -0.05) is 11.6 Å². The van der Waals surface area contributed by atoms with Gasteiger partial charge in [0.1, 0.15) is 11.3 Å². The highest BCUT2D eigenvalue weighted by molar-refractivity contribution is 6.32. The topological polar surface area (TPSA) is 66.8 Å². The van der Waals surface area contributed by atoms with Gasteiger partial charge in [0.15, 0.2) is 0 Å². The lowest BCUT2D eigenvalue weighted by atomic mass is 10.1. The standard InChI is InChI=1S/C17H17ClF3NO5/c1-3-22-9-11(16(24)26-6-4-5-25-2)15(23)10-7-12(18)14(8-13(10)22)27-17(19,20)21/h7-9H,3-6H2,1-2H3. The summed E-state index contributed by atoms with van der Waals surface area (Å²) in [6.45, 7) is 2.45. The predicted octanol–water partition coefficient (Wildman–Crippen LogP) is 3.77. The van der Waals surface area contributed by atoms with E-state index in [0.29, 0.717) is 13.0 Å². The van der Waals surface area contributed by atoms with Crippen molar-refractivity contribution in [1.82, 2.24) is 4.57 Å². The van der Waals surface area contributed by atoms with Gasteiger partial charge >= 0.3 is 12.3 Å². The van der Waals surface area contributed by atoms with Crippen LogP contribution < -0.4 is 10.2 Å². The van der Waals surface area contributed by atoms with Gasteiger partial charge in [-0.3, -0.25) is 4.79 Å². The van der Waals surface area contributed by atoms with E-state index in [-0.39, 0.29) is 29.6 Å². The zero-order chi connectivity index (χ0) is 20.2. The van der Waals surface area contributed by atoms with E-state index in [1.165, 1.54) is 17.9 Å². The van der Waals surface area contributed by atoms with Gasteiger partial charge in [-0.05, 0) is 13.0 Å². The lowest BCUT2D eigenvalue weighted by Gasteiger charge is -2.15. The number of alkyl halides is 3. The van der Waals surface area contributed by atoms with Crippen LogP contribution in [0.5, 0.6) is 5.75 Å². The molecule has 0 saturated carbocycles. The van der Waals surface area contributed by atoms with Crippen LogP contribution in [0.2, 0.25) is 5.02 Å². The first-order chi connectivity index (χ1) is 12.7. The van der Waals surface area contributed by atoms with Crippen molar-refractivity contribution in [2.75, 3.05) is 20.3 Å². The van der Waals surface area contributed by atoms with E-state index in [0.717, 1.165) is 12.1 Å². The molecule has 0 fully saturated rings. The first kappa shape index (κ1) is 21.0. The van der Waals surface area contributed by atoms with Gasteiger partial charge in [0.2, 0.25) is 5.43 Å². The Balaban J connectivity index is 2.48. The average Bonchev–Trinajstić information content (AvgIpc) is 2.59. The van der Waals surface area contributed by atoms with Crippen LogP contribution in [0.3, 0.4) is 0 Å². The maximum Gasteiger partial charge on any atom is 0.573 e. The molecular formula is C17H17ClF3NO5. The smallest absolute Gasteiger partial charge is 0.462 e. The molecule has 10 heteroatoms. The molecule has 0 aliphatic heterocycles. The number of fused-ring (bicyclic) bond motifs is 1. The van der Waals surface area contributed by atoms with Crippen molar-refractivity contribution < 1.29 is 32.2 Å². The number of carbonyl (C=O) groups excluding carboxylic acids is 1. The van der Waals surface area contributed by atoms with E-state index in [1.54, 1.807) is 6.92 Å². The Kier molecular flexibility index (Phi) is 6.72. The third-order valence-corrected chi connectivity index (χ3v) is 3.94. The molecule has 0 aliphatic rings. The molecule has 0 bridgehead atoms. The number of benzene rings is 1. The van der Waals surface area contributed by atoms with Crippen molar-refractivity contribution in [2.24, 2.45) is 0 Å².